The standard InChI is InChI=1S/C16H11BrF3N5O2/c17-11-3-5-12(6-4-11)25-23-14(22-24-25)15(26)21-9-10-1-7-13(8-2-10)27-16(18,19)20/h1-8H,9H2,(H,21,26). The number of halogens is 4. The van der Waals surface area contributed by atoms with Gasteiger partial charge in [0.25, 0.3) is 11.7 Å². The van der Waals surface area contributed by atoms with Gasteiger partial charge in [0, 0.05) is 11.0 Å². The van der Waals surface area contributed by atoms with Crippen molar-refractivity contribution in [2.75, 3.05) is 0 Å². The van der Waals surface area contributed by atoms with Crippen molar-refractivity contribution in [3.05, 3.63) is 64.4 Å². The number of hydrogen-bond acceptors (Lipinski definition) is 5. The number of aromatic nitrogens is 4. The fourth-order valence-corrected chi connectivity index (χ4v) is 2.32. The number of benzene rings is 2. The van der Waals surface area contributed by atoms with Gasteiger partial charge in [-0.25, -0.2) is 0 Å². The van der Waals surface area contributed by atoms with Gasteiger partial charge in [0.2, 0.25) is 0 Å². The van der Waals surface area contributed by atoms with Gasteiger partial charge in [0.15, 0.2) is 0 Å². The maximum atomic E-state index is 12.1. The first-order chi connectivity index (χ1) is 12.8. The van der Waals surface area contributed by atoms with Gasteiger partial charge in [-0.05, 0) is 47.2 Å². The second kappa shape index (κ2) is 7.74. The monoisotopic (exact) mass is 441 g/mol. The maximum absolute atomic E-state index is 12.1. The molecule has 0 atom stereocenters. The first-order valence-corrected chi connectivity index (χ1v) is 8.28. The SMILES string of the molecule is O=C(NCc1ccc(OC(F)(F)F)cc1)c1nnn(-c2ccc(Br)cc2)n1. The number of carbonyl (C=O) groups excluding carboxylic acids is 1. The highest BCUT2D eigenvalue weighted by molar-refractivity contribution is 9.10. The first kappa shape index (κ1) is 18.8. The topological polar surface area (TPSA) is 81.9 Å². The maximum Gasteiger partial charge on any atom is 0.573 e. The van der Waals surface area contributed by atoms with Crippen LogP contribution in [-0.2, 0) is 6.54 Å². The number of nitrogens with one attached hydrogen (secondary N) is 1. The number of alkyl halides is 3. The number of hydrogen-bond donors (Lipinski definition) is 1. The van der Waals surface area contributed by atoms with E-state index in [4.69, 9.17) is 0 Å². The molecule has 0 fully saturated rings. The van der Waals surface area contributed by atoms with E-state index in [1.165, 1.54) is 16.9 Å². The summed E-state index contributed by atoms with van der Waals surface area (Å²) >= 11 is 3.31. The van der Waals surface area contributed by atoms with E-state index >= 15 is 0 Å². The van der Waals surface area contributed by atoms with E-state index in [0.717, 1.165) is 16.6 Å². The zero-order valence-electron chi connectivity index (χ0n) is 13.4. The highest BCUT2D eigenvalue weighted by atomic mass is 79.9. The lowest BCUT2D eigenvalue weighted by molar-refractivity contribution is -0.274. The van der Waals surface area contributed by atoms with Gasteiger partial charge < -0.3 is 10.1 Å². The summed E-state index contributed by atoms with van der Waals surface area (Å²) < 4.78 is 41.0. The van der Waals surface area contributed by atoms with Crippen LogP contribution in [0.15, 0.2) is 53.0 Å². The molecule has 3 rings (SSSR count). The lowest BCUT2D eigenvalue weighted by atomic mass is 10.2. The van der Waals surface area contributed by atoms with Crippen LogP contribution < -0.4 is 10.1 Å². The Bertz CT molecular complexity index is 926. The summed E-state index contributed by atoms with van der Waals surface area (Å²) in [6, 6.07) is 12.2. The van der Waals surface area contributed by atoms with E-state index in [2.05, 4.69) is 41.4 Å². The largest absolute Gasteiger partial charge is 0.573 e. The van der Waals surface area contributed by atoms with Gasteiger partial charge in [-0.3, -0.25) is 4.79 Å². The van der Waals surface area contributed by atoms with Crippen molar-refractivity contribution in [2.45, 2.75) is 12.9 Å². The fraction of sp³-hybridized carbons (Fsp3) is 0.125. The summed E-state index contributed by atoms with van der Waals surface area (Å²) in [4.78, 5) is 13.3. The minimum Gasteiger partial charge on any atom is -0.406 e. The van der Waals surface area contributed by atoms with Crippen LogP contribution in [0.25, 0.3) is 5.69 Å². The van der Waals surface area contributed by atoms with Crippen molar-refractivity contribution in [1.82, 2.24) is 25.5 Å². The summed E-state index contributed by atoms with van der Waals surface area (Å²) in [7, 11) is 0. The molecule has 0 spiro atoms. The molecule has 1 amide bonds. The van der Waals surface area contributed by atoms with Gasteiger partial charge in [-0.2, -0.15) is 0 Å². The van der Waals surface area contributed by atoms with Crippen molar-refractivity contribution in [1.29, 1.82) is 0 Å². The molecule has 0 aliphatic carbocycles. The van der Waals surface area contributed by atoms with E-state index in [0.29, 0.717) is 11.3 Å². The number of nitrogens with zero attached hydrogens (tertiary/aromatic N) is 4. The Morgan fingerprint density at radius 2 is 1.78 bits per heavy atom. The molecular formula is C16H11BrF3N5O2. The highest BCUT2D eigenvalue weighted by Crippen LogP contribution is 2.22. The Morgan fingerprint density at radius 3 is 2.41 bits per heavy atom. The Morgan fingerprint density at radius 1 is 1.11 bits per heavy atom. The van der Waals surface area contributed by atoms with Crippen molar-refractivity contribution in [3.63, 3.8) is 0 Å². The summed E-state index contributed by atoms with van der Waals surface area (Å²) in [5.41, 5.74) is 1.21. The number of tetrazole rings is 1. The zero-order chi connectivity index (χ0) is 19.4. The molecule has 140 valence electrons. The van der Waals surface area contributed by atoms with Crippen molar-refractivity contribution < 1.29 is 22.7 Å². The third-order valence-corrected chi connectivity index (χ3v) is 3.81. The molecule has 1 heterocycles. The molecular weight excluding hydrogens is 431 g/mol. The van der Waals surface area contributed by atoms with Gasteiger partial charge in [-0.15, -0.1) is 28.2 Å². The van der Waals surface area contributed by atoms with Crippen LogP contribution in [0, 0.1) is 0 Å². The molecule has 0 saturated heterocycles. The number of carbonyl (C=O) groups is 1. The second-order valence-electron chi connectivity index (χ2n) is 5.25. The Kier molecular flexibility index (Phi) is 5.40. The molecule has 0 unspecified atom stereocenters. The smallest absolute Gasteiger partial charge is 0.406 e. The van der Waals surface area contributed by atoms with Gasteiger partial charge in [-0.1, -0.05) is 28.1 Å². The van der Waals surface area contributed by atoms with E-state index in [1.54, 1.807) is 24.3 Å². The Labute approximate surface area is 159 Å². The Hall–Kier alpha value is -2.95. The lowest BCUT2D eigenvalue weighted by Crippen LogP contribution is -2.24. The quantitative estimate of drug-likeness (QED) is 0.656. The average Bonchev–Trinajstić information content (AvgIpc) is 3.10. The number of ether oxygens (including phenoxy) is 1. The third-order valence-electron chi connectivity index (χ3n) is 3.28. The van der Waals surface area contributed by atoms with E-state index in [9.17, 15) is 18.0 Å². The van der Waals surface area contributed by atoms with E-state index < -0.39 is 12.3 Å². The average molecular weight is 442 g/mol. The molecule has 0 aliphatic rings. The predicted molar refractivity (Wildman–Crippen MR) is 91.1 cm³/mol. The molecule has 0 radical (unpaired) electrons. The molecule has 0 saturated carbocycles. The summed E-state index contributed by atoms with van der Waals surface area (Å²) in [6.07, 6.45) is -4.75. The fourth-order valence-electron chi connectivity index (χ4n) is 2.06. The van der Waals surface area contributed by atoms with E-state index in [-0.39, 0.29) is 18.1 Å². The summed E-state index contributed by atoms with van der Waals surface area (Å²) in [5, 5.41) is 14.1. The molecule has 0 aliphatic heterocycles. The normalized spacial score (nSPS) is 11.3. The van der Waals surface area contributed by atoms with Gasteiger partial charge in [0.05, 0.1) is 5.69 Å². The molecule has 1 aromatic heterocycles. The van der Waals surface area contributed by atoms with Gasteiger partial charge >= 0.3 is 6.36 Å². The summed E-state index contributed by atoms with van der Waals surface area (Å²) in [5.74, 6) is -1.03. The van der Waals surface area contributed by atoms with Gasteiger partial charge in [0.1, 0.15) is 5.75 Å². The zero-order valence-corrected chi connectivity index (χ0v) is 15.0. The minimum atomic E-state index is -4.75. The molecule has 3 aromatic rings. The second-order valence-corrected chi connectivity index (χ2v) is 6.17. The summed E-state index contributed by atoms with van der Waals surface area (Å²) in [6.45, 7) is 0.0813. The number of rotatable bonds is 5. The predicted octanol–water partition coefficient (Wildman–Crippen LogP) is 3.25. The van der Waals surface area contributed by atoms with E-state index in [1.807, 2.05) is 0 Å². The van der Waals surface area contributed by atoms with Crippen LogP contribution in [0.4, 0.5) is 13.2 Å². The lowest BCUT2D eigenvalue weighted by Gasteiger charge is -2.09. The number of amides is 1. The van der Waals surface area contributed by atoms with Crippen LogP contribution in [-0.4, -0.2) is 32.5 Å². The molecule has 1 N–H and O–H groups in total. The van der Waals surface area contributed by atoms with Crippen molar-refractivity contribution in [3.8, 4) is 11.4 Å². The minimum absolute atomic E-state index is 0.0813. The molecule has 27 heavy (non-hydrogen) atoms. The third kappa shape index (κ3) is 5.26. The molecule has 0 bridgehead atoms. The van der Waals surface area contributed by atoms with Crippen LogP contribution in [0.5, 0.6) is 5.75 Å². The molecule has 2 aromatic carbocycles. The van der Waals surface area contributed by atoms with Crippen molar-refractivity contribution in [2.24, 2.45) is 0 Å². The van der Waals surface area contributed by atoms with Crippen LogP contribution in [0.3, 0.4) is 0 Å². The highest BCUT2D eigenvalue weighted by Gasteiger charge is 2.30. The van der Waals surface area contributed by atoms with Crippen molar-refractivity contribution >= 4 is 21.8 Å². The molecule has 11 heteroatoms. The molecule has 7 nitrogen and oxygen atoms in total. The van der Waals surface area contributed by atoms with Crippen LogP contribution in [0.1, 0.15) is 16.2 Å². The van der Waals surface area contributed by atoms with Crippen LogP contribution in [0.2, 0.25) is 0 Å². The Balaban J connectivity index is 1.59. The first-order valence-electron chi connectivity index (χ1n) is 7.49. The van der Waals surface area contributed by atoms with Crippen LogP contribution >= 0.6 is 15.9 Å².